The van der Waals surface area contributed by atoms with Crippen molar-refractivity contribution >= 4 is 23.3 Å². The molecule has 0 aliphatic rings. The van der Waals surface area contributed by atoms with E-state index in [1.54, 1.807) is 25.2 Å². The fourth-order valence-electron chi connectivity index (χ4n) is 2.63. The Bertz CT molecular complexity index is 869. The van der Waals surface area contributed by atoms with E-state index in [9.17, 15) is 19.7 Å². The molecule has 0 aromatic heterocycles. The van der Waals surface area contributed by atoms with Gasteiger partial charge in [0, 0.05) is 26.2 Å². The van der Waals surface area contributed by atoms with Gasteiger partial charge < -0.3 is 19.7 Å². The molecular weight excluding hydrogens is 390 g/mol. The third-order valence-electron chi connectivity index (χ3n) is 4.18. The standard InChI is InChI=1S/C21H25N3O6/c1-3-29-17-10-8-16(9-11-17)14-23(2)20(25)15-30-21(26)12-13-22-18-6-4-5-7-19(18)24(27)28/h4-11,22H,3,12-15H2,1-2H3. The van der Waals surface area contributed by atoms with E-state index in [2.05, 4.69) is 5.32 Å². The van der Waals surface area contributed by atoms with Crippen LogP contribution in [-0.2, 0) is 20.9 Å². The number of carbonyl (C=O) groups is 2. The highest BCUT2D eigenvalue weighted by Crippen LogP contribution is 2.22. The predicted molar refractivity (Wildman–Crippen MR) is 111 cm³/mol. The number of anilines is 1. The van der Waals surface area contributed by atoms with Crippen LogP contribution in [0.15, 0.2) is 48.5 Å². The molecule has 0 heterocycles. The highest BCUT2D eigenvalue weighted by Gasteiger charge is 2.14. The van der Waals surface area contributed by atoms with Gasteiger partial charge >= 0.3 is 5.97 Å². The lowest BCUT2D eigenvalue weighted by Gasteiger charge is -2.17. The summed E-state index contributed by atoms with van der Waals surface area (Å²) in [7, 11) is 1.63. The minimum absolute atomic E-state index is 0.0259. The number of nitro groups is 1. The Hall–Kier alpha value is -3.62. The minimum atomic E-state index is -0.566. The SMILES string of the molecule is CCOc1ccc(CN(C)C(=O)COC(=O)CCNc2ccccc2[N+](=O)[O-])cc1. The maximum atomic E-state index is 12.2. The second-order valence-electron chi connectivity index (χ2n) is 6.44. The number of ether oxygens (including phenoxy) is 2. The van der Waals surface area contributed by atoms with Crippen LogP contribution in [0.1, 0.15) is 18.9 Å². The number of hydrogen-bond acceptors (Lipinski definition) is 7. The molecule has 30 heavy (non-hydrogen) atoms. The fourth-order valence-corrected chi connectivity index (χ4v) is 2.63. The van der Waals surface area contributed by atoms with Crippen LogP contribution in [-0.4, -0.2) is 48.5 Å². The third-order valence-corrected chi connectivity index (χ3v) is 4.18. The smallest absolute Gasteiger partial charge is 0.308 e. The van der Waals surface area contributed by atoms with Crippen molar-refractivity contribution < 1.29 is 24.0 Å². The van der Waals surface area contributed by atoms with Crippen molar-refractivity contribution in [1.29, 1.82) is 0 Å². The van der Waals surface area contributed by atoms with Gasteiger partial charge in [-0.1, -0.05) is 24.3 Å². The summed E-state index contributed by atoms with van der Waals surface area (Å²) in [6.07, 6.45) is -0.0259. The minimum Gasteiger partial charge on any atom is -0.494 e. The summed E-state index contributed by atoms with van der Waals surface area (Å²) >= 11 is 0. The summed E-state index contributed by atoms with van der Waals surface area (Å²) in [6.45, 7) is 2.66. The Morgan fingerprint density at radius 2 is 1.83 bits per heavy atom. The van der Waals surface area contributed by atoms with Gasteiger partial charge in [-0.25, -0.2) is 0 Å². The molecule has 1 amide bonds. The van der Waals surface area contributed by atoms with Crippen molar-refractivity contribution in [1.82, 2.24) is 4.90 Å². The van der Waals surface area contributed by atoms with Crippen molar-refractivity contribution in [2.75, 3.05) is 32.1 Å². The normalized spacial score (nSPS) is 10.2. The Labute approximate surface area is 174 Å². The van der Waals surface area contributed by atoms with Crippen LogP contribution in [0.2, 0.25) is 0 Å². The number of nitrogens with one attached hydrogen (secondary N) is 1. The van der Waals surface area contributed by atoms with E-state index in [1.165, 1.54) is 11.0 Å². The Morgan fingerprint density at radius 3 is 2.50 bits per heavy atom. The molecule has 0 bridgehead atoms. The Morgan fingerprint density at radius 1 is 1.13 bits per heavy atom. The molecule has 9 nitrogen and oxygen atoms in total. The Balaban J connectivity index is 1.72. The maximum absolute atomic E-state index is 12.2. The summed E-state index contributed by atoms with van der Waals surface area (Å²) in [6, 6.07) is 13.6. The lowest BCUT2D eigenvalue weighted by molar-refractivity contribution is -0.384. The average Bonchev–Trinajstić information content (AvgIpc) is 2.73. The molecule has 0 atom stereocenters. The van der Waals surface area contributed by atoms with E-state index >= 15 is 0 Å². The van der Waals surface area contributed by atoms with Crippen LogP contribution in [0.3, 0.4) is 0 Å². The molecule has 0 fully saturated rings. The molecule has 0 aliphatic heterocycles. The van der Waals surface area contributed by atoms with Gasteiger partial charge in [0.25, 0.3) is 11.6 Å². The lowest BCUT2D eigenvalue weighted by Crippen LogP contribution is -2.31. The van der Waals surface area contributed by atoms with Crippen LogP contribution >= 0.6 is 0 Å². The first kappa shape index (κ1) is 22.7. The largest absolute Gasteiger partial charge is 0.494 e. The maximum Gasteiger partial charge on any atom is 0.308 e. The van der Waals surface area contributed by atoms with Gasteiger partial charge in [0.15, 0.2) is 6.61 Å². The zero-order valence-electron chi connectivity index (χ0n) is 17.0. The van der Waals surface area contributed by atoms with Gasteiger partial charge in [0.05, 0.1) is 18.0 Å². The van der Waals surface area contributed by atoms with Crippen LogP contribution in [0.5, 0.6) is 5.75 Å². The third kappa shape index (κ3) is 7.08. The number of likely N-dealkylation sites (N-methyl/N-ethyl adjacent to an activating group) is 1. The van der Waals surface area contributed by atoms with Gasteiger partial charge in [-0.05, 0) is 30.7 Å². The molecule has 0 spiro atoms. The van der Waals surface area contributed by atoms with Crippen molar-refractivity contribution in [3.8, 4) is 5.75 Å². The summed E-state index contributed by atoms with van der Waals surface area (Å²) in [5.41, 5.74) is 1.17. The van der Waals surface area contributed by atoms with E-state index in [0.29, 0.717) is 18.8 Å². The molecular formula is C21H25N3O6. The topological polar surface area (TPSA) is 111 Å². The average molecular weight is 415 g/mol. The van der Waals surface area contributed by atoms with E-state index in [-0.39, 0.29) is 31.2 Å². The molecule has 1 N–H and O–H groups in total. The van der Waals surface area contributed by atoms with Crippen LogP contribution in [0.4, 0.5) is 11.4 Å². The summed E-state index contributed by atoms with van der Waals surface area (Å²) < 4.78 is 10.4. The van der Waals surface area contributed by atoms with E-state index in [1.807, 2.05) is 31.2 Å². The zero-order chi connectivity index (χ0) is 21.9. The molecule has 0 unspecified atom stereocenters. The number of nitrogens with zero attached hydrogens (tertiary/aromatic N) is 2. The van der Waals surface area contributed by atoms with Gasteiger partial charge in [-0.3, -0.25) is 19.7 Å². The van der Waals surface area contributed by atoms with Crippen molar-refractivity contribution in [3.05, 3.63) is 64.2 Å². The number of benzene rings is 2. The fraction of sp³-hybridized carbons (Fsp3) is 0.333. The van der Waals surface area contributed by atoms with Gasteiger partial charge in [0.1, 0.15) is 11.4 Å². The quantitative estimate of drug-likeness (QED) is 0.341. The highest BCUT2D eigenvalue weighted by molar-refractivity contribution is 5.80. The Kier molecular flexibility index (Phi) is 8.61. The first-order valence-electron chi connectivity index (χ1n) is 9.49. The van der Waals surface area contributed by atoms with Gasteiger partial charge in [-0.15, -0.1) is 0 Å². The number of rotatable bonds is 11. The molecule has 9 heteroatoms. The van der Waals surface area contributed by atoms with E-state index in [0.717, 1.165) is 11.3 Å². The number of nitro benzene ring substituents is 1. The molecule has 0 radical (unpaired) electrons. The van der Waals surface area contributed by atoms with E-state index in [4.69, 9.17) is 9.47 Å². The number of esters is 1. The van der Waals surface area contributed by atoms with Crippen LogP contribution in [0.25, 0.3) is 0 Å². The lowest BCUT2D eigenvalue weighted by atomic mass is 10.2. The first-order valence-corrected chi connectivity index (χ1v) is 9.49. The summed E-state index contributed by atoms with van der Waals surface area (Å²) in [5.74, 6) is -0.133. The summed E-state index contributed by atoms with van der Waals surface area (Å²) in [5, 5.41) is 13.8. The number of para-hydroxylation sites is 2. The number of carbonyl (C=O) groups excluding carboxylic acids is 2. The monoisotopic (exact) mass is 415 g/mol. The van der Waals surface area contributed by atoms with E-state index < -0.39 is 10.9 Å². The first-order chi connectivity index (χ1) is 14.4. The molecule has 2 aromatic carbocycles. The molecule has 0 saturated heterocycles. The second-order valence-corrected chi connectivity index (χ2v) is 6.44. The summed E-state index contributed by atoms with van der Waals surface area (Å²) in [4.78, 5) is 36.0. The van der Waals surface area contributed by atoms with Crippen molar-refractivity contribution in [2.45, 2.75) is 19.9 Å². The second kappa shape index (κ2) is 11.4. The highest BCUT2D eigenvalue weighted by atomic mass is 16.6. The van der Waals surface area contributed by atoms with Gasteiger partial charge in [-0.2, -0.15) is 0 Å². The van der Waals surface area contributed by atoms with Crippen LogP contribution < -0.4 is 10.1 Å². The molecule has 2 rings (SSSR count). The predicted octanol–water partition coefficient (Wildman–Crippen LogP) is 3.00. The number of hydrogen-bond donors (Lipinski definition) is 1. The van der Waals surface area contributed by atoms with Crippen molar-refractivity contribution in [3.63, 3.8) is 0 Å². The van der Waals surface area contributed by atoms with Crippen molar-refractivity contribution in [2.24, 2.45) is 0 Å². The molecule has 0 aliphatic carbocycles. The molecule has 160 valence electrons. The van der Waals surface area contributed by atoms with Gasteiger partial charge in [0.2, 0.25) is 0 Å². The number of amides is 1. The molecule has 0 saturated carbocycles. The van der Waals surface area contributed by atoms with Crippen LogP contribution in [0, 0.1) is 10.1 Å². The molecule has 2 aromatic rings. The zero-order valence-corrected chi connectivity index (χ0v) is 17.0.